The van der Waals surface area contributed by atoms with Crippen molar-refractivity contribution in [2.75, 3.05) is 13.2 Å². The molecule has 1 atom stereocenters. The molecule has 0 radical (unpaired) electrons. The Kier molecular flexibility index (Phi) is 9.20. The van der Waals surface area contributed by atoms with E-state index < -0.39 is 47.1 Å². The molecule has 0 saturated carbocycles. The first-order valence-corrected chi connectivity index (χ1v) is 14.6. The Morgan fingerprint density at radius 1 is 1.14 bits per heavy atom. The van der Waals surface area contributed by atoms with Gasteiger partial charge in [0.2, 0.25) is 0 Å². The summed E-state index contributed by atoms with van der Waals surface area (Å²) >= 11 is 7.41. The molecular weight excluding hydrogens is 614 g/mol. The first kappa shape index (κ1) is 32.7. The number of amides is 1. The van der Waals surface area contributed by atoms with E-state index in [4.69, 9.17) is 30.5 Å². The standard InChI is InChI=1S/C29H32ClF4N3O5S/c1-15(2)41-22-9-8-16(10-19(22)29(32,33)34)24-35-36-25(43-24)18-11-21(31)23(12-20(18)30)39-13-17-14-40-28(6,7)37(17)26(38)42-27(3,4)5/h8-12,15,17H,13-14H2,1-7H3. The minimum absolute atomic E-state index is 0.0859. The smallest absolute Gasteiger partial charge is 0.419 e. The second kappa shape index (κ2) is 12.1. The molecule has 4 rings (SSSR count). The lowest BCUT2D eigenvalue weighted by Crippen LogP contribution is -2.51. The van der Waals surface area contributed by atoms with E-state index in [1.165, 1.54) is 23.1 Å². The van der Waals surface area contributed by atoms with Crippen LogP contribution in [0.2, 0.25) is 5.02 Å². The van der Waals surface area contributed by atoms with Crippen LogP contribution in [0, 0.1) is 5.82 Å². The number of halogens is 5. The number of nitrogens with zero attached hydrogens (tertiary/aromatic N) is 3. The van der Waals surface area contributed by atoms with Gasteiger partial charge in [0.1, 0.15) is 33.7 Å². The van der Waals surface area contributed by atoms with Crippen LogP contribution >= 0.6 is 22.9 Å². The molecule has 43 heavy (non-hydrogen) atoms. The van der Waals surface area contributed by atoms with E-state index in [1.54, 1.807) is 48.5 Å². The number of ether oxygens (including phenoxy) is 4. The lowest BCUT2D eigenvalue weighted by atomic mass is 10.1. The van der Waals surface area contributed by atoms with E-state index in [1.807, 2.05) is 0 Å². The largest absolute Gasteiger partial charge is 0.490 e. The fourth-order valence-electron chi connectivity index (χ4n) is 4.37. The summed E-state index contributed by atoms with van der Waals surface area (Å²) in [7, 11) is 0. The highest BCUT2D eigenvalue weighted by Gasteiger charge is 2.46. The van der Waals surface area contributed by atoms with E-state index >= 15 is 4.39 Å². The highest BCUT2D eigenvalue weighted by Crippen LogP contribution is 2.42. The Morgan fingerprint density at radius 3 is 2.44 bits per heavy atom. The maximum Gasteiger partial charge on any atom is 0.419 e. The zero-order chi connectivity index (χ0) is 31.9. The highest BCUT2D eigenvalue weighted by atomic mass is 35.5. The van der Waals surface area contributed by atoms with Gasteiger partial charge in [-0.3, -0.25) is 4.90 Å². The van der Waals surface area contributed by atoms with Gasteiger partial charge in [0, 0.05) is 17.2 Å². The van der Waals surface area contributed by atoms with Gasteiger partial charge >= 0.3 is 12.3 Å². The first-order valence-electron chi connectivity index (χ1n) is 13.4. The fourth-order valence-corrected chi connectivity index (χ4v) is 5.53. The van der Waals surface area contributed by atoms with Gasteiger partial charge in [0.15, 0.2) is 11.6 Å². The van der Waals surface area contributed by atoms with Crippen LogP contribution in [-0.2, 0) is 15.7 Å². The van der Waals surface area contributed by atoms with Crippen LogP contribution in [0.3, 0.4) is 0 Å². The van der Waals surface area contributed by atoms with E-state index in [0.29, 0.717) is 0 Å². The molecule has 0 bridgehead atoms. The van der Waals surface area contributed by atoms with E-state index in [2.05, 4.69) is 10.2 Å². The normalized spacial score (nSPS) is 17.0. The van der Waals surface area contributed by atoms with Gasteiger partial charge in [0.05, 0.1) is 29.3 Å². The Morgan fingerprint density at radius 2 is 1.81 bits per heavy atom. The fraction of sp³-hybridized carbons (Fsp3) is 0.483. The van der Waals surface area contributed by atoms with Crippen molar-refractivity contribution >= 4 is 29.0 Å². The summed E-state index contributed by atoms with van der Waals surface area (Å²) in [6.07, 6.45) is -5.69. The van der Waals surface area contributed by atoms with Crippen LogP contribution in [-0.4, -0.2) is 57.9 Å². The van der Waals surface area contributed by atoms with Gasteiger partial charge < -0.3 is 18.9 Å². The van der Waals surface area contributed by atoms with Crippen molar-refractivity contribution in [3.05, 3.63) is 46.7 Å². The Balaban J connectivity index is 1.53. The van der Waals surface area contributed by atoms with Gasteiger partial charge in [-0.1, -0.05) is 22.9 Å². The molecule has 2 heterocycles. The maximum atomic E-state index is 15.2. The zero-order valence-electron chi connectivity index (χ0n) is 24.6. The number of carbonyl (C=O) groups is 1. The van der Waals surface area contributed by atoms with Crippen LogP contribution < -0.4 is 9.47 Å². The summed E-state index contributed by atoms with van der Waals surface area (Å²) in [5, 5.41) is 8.50. The molecule has 1 unspecified atom stereocenters. The third-order valence-corrected chi connectivity index (χ3v) is 7.49. The lowest BCUT2D eigenvalue weighted by Gasteiger charge is -2.35. The summed E-state index contributed by atoms with van der Waals surface area (Å²) in [6.45, 7) is 12.0. The average Bonchev–Trinajstić information content (AvgIpc) is 3.46. The van der Waals surface area contributed by atoms with Gasteiger partial charge in [-0.05, 0) is 72.7 Å². The molecule has 14 heteroatoms. The van der Waals surface area contributed by atoms with Crippen LogP contribution in [0.25, 0.3) is 21.1 Å². The molecule has 1 saturated heterocycles. The Labute approximate surface area is 255 Å². The zero-order valence-corrected chi connectivity index (χ0v) is 26.2. The predicted octanol–water partition coefficient (Wildman–Crippen LogP) is 8.22. The molecular formula is C29H32ClF4N3O5S. The Bertz CT molecular complexity index is 1490. The van der Waals surface area contributed by atoms with Crippen LogP contribution in [0.15, 0.2) is 30.3 Å². The van der Waals surface area contributed by atoms with Gasteiger partial charge in [-0.25, -0.2) is 9.18 Å². The molecule has 1 amide bonds. The second-order valence-corrected chi connectivity index (χ2v) is 13.0. The van der Waals surface area contributed by atoms with Crippen LogP contribution in [0.1, 0.15) is 54.0 Å². The van der Waals surface area contributed by atoms with E-state index in [0.717, 1.165) is 23.5 Å². The molecule has 234 valence electrons. The van der Waals surface area contributed by atoms with Crippen molar-refractivity contribution < 1.29 is 41.3 Å². The first-order chi connectivity index (χ1) is 19.9. The van der Waals surface area contributed by atoms with E-state index in [9.17, 15) is 18.0 Å². The molecule has 1 fully saturated rings. The third-order valence-electron chi connectivity index (χ3n) is 6.17. The summed E-state index contributed by atoms with van der Waals surface area (Å²) in [6, 6.07) is 5.45. The minimum Gasteiger partial charge on any atom is -0.490 e. The Hall–Kier alpha value is -3.16. The van der Waals surface area contributed by atoms with Crippen molar-refractivity contribution in [2.24, 2.45) is 0 Å². The number of benzene rings is 2. The number of rotatable bonds is 7. The predicted molar refractivity (Wildman–Crippen MR) is 154 cm³/mol. The number of carbonyl (C=O) groups excluding carboxylic acids is 1. The molecule has 1 aliphatic heterocycles. The topological polar surface area (TPSA) is 83.0 Å². The summed E-state index contributed by atoms with van der Waals surface area (Å²) in [4.78, 5) is 14.3. The molecule has 0 spiro atoms. The van der Waals surface area contributed by atoms with Crippen molar-refractivity contribution in [3.63, 3.8) is 0 Å². The molecule has 0 N–H and O–H groups in total. The molecule has 1 aromatic heterocycles. The third kappa shape index (κ3) is 7.68. The molecule has 3 aromatic rings. The highest BCUT2D eigenvalue weighted by molar-refractivity contribution is 7.18. The monoisotopic (exact) mass is 645 g/mol. The quantitative estimate of drug-likeness (QED) is 0.239. The lowest BCUT2D eigenvalue weighted by molar-refractivity contribution is -0.139. The average molecular weight is 646 g/mol. The summed E-state index contributed by atoms with van der Waals surface area (Å²) in [5.74, 6) is -1.21. The van der Waals surface area contributed by atoms with E-state index in [-0.39, 0.29) is 50.9 Å². The molecule has 8 nitrogen and oxygen atoms in total. The van der Waals surface area contributed by atoms with Crippen molar-refractivity contribution in [2.45, 2.75) is 78.1 Å². The minimum atomic E-state index is -4.65. The van der Waals surface area contributed by atoms with Crippen molar-refractivity contribution in [3.8, 4) is 32.6 Å². The molecule has 0 aliphatic carbocycles. The van der Waals surface area contributed by atoms with Crippen LogP contribution in [0.5, 0.6) is 11.5 Å². The molecule has 1 aliphatic rings. The molecule has 2 aromatic carbocycles. The van der Waals surface area contributed by atoms with Gasteiger partial charge in [-0.15, -0.1) is 10.2 Å². The van der Waals surface area contributed by atoms with Crippen molar-refractivity contribution in [1.82, 2.24) is 15.1 Å². The maximum absolute atomic E-state index is 15.2. The summed E-state index contributed by atoms with van der Waals surface area (Å²) in [5.41, 5.74) is -2.28. The number of alkyl halides is 3. The SMILES string of the molecule is CC(C)Oc1ccc(-c2nnc(-c3cc(F)c(OCC4COC(C)(C)N4C(=O)OC(C)(C)C)cc3Cl)s2)cc1C(F)(F)F. The number of hydrogen-bond donors (Lipinski definition) is 0. The van der Waals surface area contributed by atoms with Gasteiger partial charge in [0.25, 0.3) is 0 Å². The van der Waals surface area contributed by atoms with Gasteiger partial charge in [-0.2, -0.15) is 13.2 Å². The van der Waals surface area contributed by atoms with Crippen LogP contribution in [0.4, 0.5) is 22.4 Å². The van der Waals surface area contributed by atoms with Crippen molar-refractivity contribution in [1.29, 1.82) is 0 Å². The number of aromatic nitrogens is 2. The second-order valence-electron chi connectivity index (χ2n) is 11.6. The number of hydrogen-bond acceptors (Lipinski definition) is 8. The summed E-state index contributed by atoms with van der Waals surface area (Å²) < 4.78 is 78.6.